The van der Waals surface area contributed by atoms with E-state index in [0.717, 1.165) is 24.1 Å². The fourth-order valence-electron chi connectivity index (χ4n) is 4.86. The van der Waals surface area contributed by atoms with Gasteiger partial charge >= 0.3 is 0 Å². The highest BCUT2D eigenvalue weighted by Gasteiger charge is 2.40. The molecule has 1 aromatic carbocycles. The van der Waals surface area contributed by atoms with Gasteiger partial charge in [0.2, 0.25) is 15.9 Å². The topological polar surface area (TPSA) is 60.9 Å². The van der Waals surface area contributed by atoms with E-state index in [1.54, 1.807) is 17.9 Å². The van der Waals surface area contributed by atoms with Gasteiger partial charge in [0, 0.05) is 57.4 Å². The molecule has 2 aliphatic heterocycles. The van der Waals surface area contributed by atoms with Crippen LogP contribution in [0.2, 0.25) is 0 Å². The summed E-state index contributed by atoms with van der Waals surface area (Å²) in [6, 6.07) is 5.04. The van der Waals surface area contributed by atoms with Crippen LogP contribution in [-0.4, -0.2) is 61.5 Å². The van der Waals surface area contributed by atoms with Crippen LogP contribution in [0.4, 0.5) is 10.1 Å². The summed E-state index contributed by atoms with van der Waals surface area (Å²) in [5.74, 6) is -0.126. The quantitative estimate of drug-likeness (QED) is 0.690. The number of halogens is 1. The van der Waals surface area contributed by atoms with E-state index in [9.17, 15) is 13.2 Å². The Kier molecular flexibility index (Phi) is 6.72. The van der Waals surface area contributed by atoms with Gasteiger partial charge in [-0.2, -0.15) is 4.31 Å². The van der Waals surface area contributed by atoms with Gasteiger partial charge in [-0.15, -0.1) is 0 Å². The minimum absolute atomic E-state index is 0.0460. The number of hydrogen-bond acceptors (Lipinski definition) is 4. The highest BCUT2D eigenvalue weighted by atomic mass is 32.2. The van der Waals surface area contributed by atoms with Crippen LogP contribution in [0, 0.1) is 11.7 Å². The molecule has 0 N–H and O–H groups in total. The predicted molar refractivity (Wildman–Crippen MR) is 124 cm³/mol. The molecule has 32 heavy (non-hydrogen) atoms. The highest BCUT2D eigenvalue weighted by Crippen LogP contribution is 2.34. The lowest BCUT2D eigenvalue weighted by Gasteiger charge is -2.37. The molecule has 0 bridgehead atoms. The van der Waals surface area contributed by atoms with E-state index in [1.807, 2.05) is 24.3 Å². The summed E-state index contributed by atoms with van der Waals surface area (Å²) in [5, 5.41) is -0.553. The van der Waals surface area contributed by atoms with Crippen LogP contribution in [0.25, 0.3) is 0 Å². The van der Waals surface area contributed by atoms with E-state index in [4.69, 9.17) is 0 Å². The Morgan fingerprint density at radius 3 is 2.53 bits per heavy atom. The lowest BCUT2D eigenvalue weighted by molar-refractivity contribution is -0.129. The molecule has 8 heteroatoms. The van der Waals surface area contributed by atoms with Crippen LogP contribution in [0.15, 0.2) is 42.0 Å². The first-order valence-corrected chi connectivity index (χ1v) is 12.9. The first-order valence-electron chi connectivity index (χ1n) is 11.4. The van der Waals surface area contributed by atoms with Crippen molar-refractivity contribution >= 4 is 21.6 Å². The van der Waals surface area contributed by atoms with Crippen molar-refractivity contribution in [3.05, 3.63) is 53.4 Å². The van der Waals surface area contributed by atoms with E-state index in [-0.39, 0.29) is 18.4 Å². The largest absolute Gasteiger partial charge is 0.368 e. The van der Waals surface area contributed by atoms with Crippen molar-refractivity contribution in [3.8, 4) is 0 Å². The second kappa shape index (κ2) is 9.35. The van der Waals surface area contributed by atoms with Gasteiger partial charge in [-0.05, 0) is 42.9 Å². The van der Waals surface area contributed by atoms with Gasteiger partial charge in [0.1, 0.15) is 11.1 Å². The summed E-state index contributed by atoms with van der Waals surface area (Å²) in [5.41, 5.74) is 2.02. The summed E-state index contributed by atoms with van der Waals surface area (Å²) >= 11 is 0. The molecule has 0 spiro atoms. The maximum Gasteiger partial charge on any atom is 0.221 e. The average Bonchev–Trinajstić information content (AvgIpc) is 2.78. The molecule has 2 atom stereocenters. The number of nitrogens with zero attached hydrogens (tertiary/aromatic N) is 3. The zero-order valence-corrected chi connectivity index (χ0v) is 19.7. The summed E-state index contributed by atoms with van der Waals surface area (Å²) < 4.78 is 43.2. The van der Waals surface area contributed by atoms with Crippen molar-refractivity contribution in [2.75, 3.05) is 37.6 Å². The molecule has 2 heterocycles. The number of rotatable bonds is 4. The maximum absolute atomic E-state index is 15.0. The van der Waals surface area contributed by atoms with Crippen molar-refractivity contribution < 1.29 is 17.6 Å². The predicted octanol–water partition coefficient (Wildman–Crippen LogP) is 3.31. The van der Waals surface area contributed by atoms with Gasteiger partial charge < -0.3 is 9.80 Å². The second-order valence-corrected chi connectivity index (χ2v) is 11.2. The lowest BCUT2D eigenvalue weighted by atomic mass is 9.96. The number of carbonyl (C=O) groups is 1. The Balaban J connectivity index is 1.49. The Labute approximate surface area is 190 Å². The summed E-state index contributed by atoms with van der Waals surface area (Å²) in [6.07, 6.45) is 8.40. The molecule has 2 fully saturated rings. The molecular weight excluding hydrogens is 429 g/mol. The van der Waals surface area contributed by atoms with Gasteiger partial charge in [-0.25, -0.2) is 12.8 Å². The minimum Gasteiger partial charge on any atom is -0.368 e. The SMILES string of the molecule is CC(=O)N1CCN(c2ccc(CN3CC(C)CC(C4=CCCC=C4)S3(=O)=O)c(F)c2)CC1. The third-order valence-electron chi connectivity index (χ3n) is 6.72. The van der Waals surface area contributed by atoms with Gasteiger partial charge in [0.05, 0.1) is 0 Å². The van der Waals surface area contributed by atoms with Gasteiger partial charge in [-0.1, -0.05) is 31.2 Å². The van der Waals surface area contributed by atoms with E-state index in [2.05, 4.69) is 11.8 Å². The number of amides is 1. The van der Waals surface area contributed by atoms with Crippen molar-refractivity contribution in [1.82, 2.24) is 9.21 Å². The van der Waals surface area contributed by atoms with Crippen molar-refractivity contribution in [2.24, 2.45) is 5.92 Å². The third-order valence-corrected chi connectivity index (χ3v) is 8.90. The average molecular weight is 462 g/mol. The zero-order chi connectivity index (χ0) is 22.9. The Morgan fingerprint density at radius 2 is 1.91 bits per heavy atom. The number of piperazine rings is 1. The zero-order valence-electron chi connectivity index (χ0n) is 18.8. The molecule has 4 rings (SSSR count). The van der Waals surface area contributed by atoms with Crippen LogP contribution < -0.4 is 4.90 Å². The number of allylic oxidation sites excluding steroid dienone is 3. The number of hydrogen-bond donors (Lipinski definition) is 0. The normalized spacial score (nSPS) is 26.2. The molecule has 1 aliphatic carbocycles. The number of benzene rings is 1. The van der Waals surface area contributed by atoms with E-state index in [1.165, 1.54) is 10.4 Å². The summed E-state index contributed by atoms with van der Waals surface area (Å²) in [7, 11) is -3.56. The van der Waals surface area contributed by atoms with Crippen molar-refractivity contribution in [2.45, 2.75) is 44.9 Å². The summed E-state index contributed by atoms with van der Waals surface area (Å²) in [4.78, 5) is 15.4. The molecular formula is C24H32FN3O3S. The highest BCUT2D eigenvalue weighted by molar-refractivity contribution is 7.90. The smallest absolute Gasteiger partial charge is 0.221 e. The van der Waals surface area contributed by atoms with Crippen molar-refractivity contribution in [3.63, 3.8) is 0 Å². The number of carbonyl (C=O) groups excluding carboxylic acids is 1. The molecule has 0 radical (unpaired) electrons. The molecule has 0 saturated carbocycles. The van der Waals surface area contributed by atoms with Crippen LogP contribution in [-0.2, 0) is 21.4 Å². The molecule has 1 aromatic rings. The van der Waals surface area contributed by atoms with Crippen LogP contribution >= 0.6 is 0 Å². The first-order chi connectivity index (χ1) is 15.3. The maximum atomic E-state index is 15.0. The van der Waals surface area contributed by atoms with Crippen molar-refractivity contribution in [1.29, 1.82) is 0 Å². The monoisotopic (exact) mass is 461 g/mol. The minimum atomic E-state index is -3.56. The first kappa shape index (κ1) is 23.0. The number of anilines is 1. The summed E-state index contributed by atoms with van der Waals surface area (Å²) in [6.45, 7) is 6.62. The molecule has 1 amide bonds. The van der Waals surface area contributed by atoms with Crippen LogP contribution in [0.3, 0.4) is 0 Å². The Morgan fingerprint density at radius 1 is 1.16 bits per heavy atom. The fourth-order valence-corrected chi connectivity index (χ4v) is 7.09. The Hall–Kier alpha value is -2.19. The molecule has 0 aromatic heterocycles. The van der Waals surface area contributed by atoms with Gasteiger partial charge in [-0.3, -0.25) is 4.79 Å². The molecule has 174 valence electrons. The number of sulfonamides is 1. The lowest BCUT2D eigenvalue weighted by Crippen LogP contribution is -2.48. The second-order valence-electron chi connectivity index (χ2n) is 9.12. The molecule has 2 saturated heterocycles. The third kappa shape index (κ3) is 4.76. The van der Waals surface area contributed by atoms with Crippen LogP contribution in [0.5, 0.6) is 0 Å². The van der Waals surface area contributed by atoms with E-state index >= 15 is 4.39 Å². The van der Waals surface area contributed by atoms with Gasteiger partial charge in [0.25, 0.3) is 0 Å². The van der Waals surface area contributed by atoms with Crippen LogP contribution in [0.1, 0.15) is 38.7 Å². The molecule has 6 nitrogen and oxygen atoms in total. The molecule has 3 aliphatic rings. The fraction of sp³-hybridized carbons (Fsp3) is 0.542. The Bertz CT molecular complexity index is 1030. The van der Waals surface area contributed by atoms with Gasteiger partial charge in [0.15, 0.2) is 0 Å². The molecule has 2 unspecified atom stereocenters. The van der Waals surface area contributed by atoms with E-state index < -0.39 is 21.1 Å². The van der Waals surface area contributed by atoms with E-state index in [0.29, 0.717) is 44.7 Å². The standard InChI is InChI=1S/C24H32FN3O3S/c1-18-14-24(20-6-4-3-5-7-20)32(30,31)28(16-18)17-21-8-9-22(15-23(21)25)27-12-10-26(11-13-27)19(2)29/h4,6-9,15,18,24H,3,5,10-14,16-17H2,1-2H3.